The number of allylic oxidation sites excluding steroid dienone is 2. The van der Waals surface area contributed by atoms with Crippen LogP contribution in [0.1, 0.15) is 96.8 Å². The van der Waals surface area contributed by atoms with Crippen molar-refractivity contribution in [3.8, 4) is 0 Å². The van der Waals surface area contributed by atoms with Crippen LogP contribution >= 0.6 is 0 Å². The van der Waals surface area contributed by atoms with Gasteiger partial charge in [0.15, 0.2) is 0 Å². The van der Waals surface area contributed by atoms with Crippen LogP contribution in [-0.2, 0) is 9.53 Å². The van der Waals surface area contributed by atoms with E-state index in [1.165, 1.54) is 57.8 Å². The van der Waals surface area contributed by atoms with E-state index in [1.807, 2.05) is 0 Å². The predicted molar refractivity (Wildman–Crippen MR) is 104 cm³/mol. The molecule has 0 aliphatic rings. The van der Waals surface area contributed by atoms with Gasteiger partial charge < -0.3 is 14.9 Å². The van der Waals surface area contributed by atoms with Gasteiger partial charge in [0.2, 0.25) is 0 Å². The maximum Gasteiger partial charge on any atom is 0.305 e. The molecule has 0 aromatic rings. The summed E-state index contributed by atoms with van der Waals surface area (Å²) in [7, 11) is 0. The molecule has 0 aliphatic heterocycles. The first-order valence-electron chi connectivity index (χ1n) is 10.3. The van der Waals surface area contributed by atoms with E-state index in [0.717, 1.165) is 25.7 Å². The number of hydrogen-bond acceptors (Lipinski definition) is 4. The van der Waals surface area contributed by atoms with Gasteiger partial charge >= 0.3 is 5.97 Å². The standard InChI is InChI=1S/C21H40O4/c1-2-3-4-5-6-7-8-9-10-11-12-13-14-15-16-17-21(24)25-19-20(23)18-22/h9-10,20,22-23H,2-8,11-19H2,1H3/t20-/m0/s1. The fraction of sp³-hybridized carbons (Fsp3) is 0.857. The minimum atomic E-state index is -0.960. The van der Waals surface area contributed by atoms with Crippen molar-refractivity contribution in [1.29, 1.82) is 0 Å². The lowest BCUT2D eigenvalue weighted by molar-refractivity contribution is -0.147. The molecule has 0 unspecified atom stereocenters. The summed E-state index contributed by atoms with van der Waals surface area (Å²) in [6.07, 6.45) is 20.1. The van der Waals surface area contributed by atoms with E-state index < -0.39 is 6.10 Å². The molecule has 0 saturated carbocycles. The lowest BCUT2D eigenvalue weighted by Gasteiger charge is -2.08. The van der Waals surface area contributed by atoms with Crippen molar-refractivity contribution in [3.05, 3.63) is 12.2 Å². The van der Waals surface area contributed by atoms with Gasteiger partial charge in [-0.15, -0.1) is 0 Å². The van der Waals surface area contributed by atoms with Gasteiger partial charge in [-0.3, -0.25) is 4.79 Å². The number of unbranched alkanes of at least 4 members (excludes halogenated alkanes) is 11. The first-order chi connectivity index (χ1) is 12.2. The summed E-state index contributed by atoms with van der Waals surface area (Å²) in [4.78, 5) is 11.4. The molecule has 0 bridgehead atoms. The van der Waals surface area contributed by atoms with Crippen LogP contribution in [0.3, 0.4) is 0 Å². The van der Waals surface area contributed by atoms with E-state index in [9.17, 15) is 4.79 Å². The van der Waals surface area contributed by atoms with Gasteiger partial charge in [0.1, 0.15) is 12.7 Å². The van der Waals surface area contributed by atoms with Gasteiger partial charge in [0.25, 0.3) is 0 Å². The Bertz CT molecular complexity index is 315. The minimum absolute atomic E-state index is 0.111. The zero-order valence-electron chi connectivity index (χ0n) is 16.3. The summed E-state index contributed by atoms with van der Waals surface area (Å²) in [5.41, 5.74) is 0. The SMILES string of the molecule is CCCCCCCCC=CCCCCCCCC(=O)OC[C@@H](O)CO. The Morgan fingerprint density at radius 1 is 0.880 bits per heavy atom. The summed E-state index contributed by atoms with van der Waals surface area (Å²) < 4.78 is 4.86. The Kier molecular flexibility index (Phi) is 18.8. The molecule has 148 valence electrons. The van der Waals surface area contributed by atoms with Crippen molar-refractivity contribution >= 4 is 5.97 Å². The molecule has 0 aliphatic carbocycles. The summed E-state index contributed by atoms with van der Waals surface area (Å²) in [6, 6.07) is 0. The molecule has 0 heterocycles. The van der Waals surface area contributed by atoms with Crippen molar-refractivity contribution in [3.63, 3.8) is 0 Å². The van der Waals surface area contributed by atoms with E-state index in [0.29, 0.717) is 6.42 Å². The largest absolute Gasteiger partial charge is 0.463 e. The summed E-state index contributed by atoms with van der Waals surface area (Å²) in [5, 5.41) is 17.7. The van der Waals surface area contributed by atoms with E-state index in [2.05, 4.69) is 19.1 Å². The summed E-state index contributed by atoms with van der Waals surface area (Å²) in [6.45, 7) is 1.77. The molecular weight excluding hydrogens is 316 g/mol. The van der Waals surface area contributed by atoms with Crippen LogP contribution in [0, 0.1) is 0 Å². The van der Waals surface area contributed by atoms with Crippen molar-refractivity contribution < 1.29 is 19.7 Å². The topological polar surface area (TPSA) is 66.8 Å². The third-order valence-electron chi connectivity index (χ3n) is 4.29. The van der Waals surface area contributed by atoms with Gasteiger partial charge in [-0.2, -0.15) is 0 Å². The highest BCUT2D eigenvalue weighted by Gasteiger charge is 2.07. The molecule has 0 aromatic heterocycles. The molecule has 0 rings (SSSR count). The van der Waals surface area contributed by atoms with Crippen LogP contribution in [0.25, 0.3) is 0 Å². The smallest absolute Gasteiger partial charge is 0.305 e. The molecule has 0 radical (unpaired) electrons. The lowest BCUT2D eigenvalue weighted by Crippen LogP contribution is -2.21. The van der Waals surface area contributed by atoms with E-state index >= 15 is 0 Å². The van der Waals surface area contributed by atoms with Gasteiger partial charge in [-0.25, -0.2) is 0 Å². The fourth-order valence-corrected chi connectivity index (χ4v) is 2.65. The maximum atomic E-state index is 11.4. The molecule has 4 nitrogen and oxygen atoms in total. The number of esters is 1. The van der Waals surface area contributed by atoms with Crippen molar-refractivity contribution in [2.75, 3.05) is 13.2 Å². The first kappa shape index (κ1) is 24.1. The molecule has 0 amide bonds. The van der Waals surface area contributed by atoms with E-state index in [-0.39, 0.29) is 19.2 Å². The van der Waals surface area contributed by atoms with Crippen LogP contribution in [0.4, 0.5) is 0 Å². The number of rotatable bonds is 18. The Morgan fingerprint density at radius 3 is 1.96 bits per heavy atom. The van der Waals surface area contributed by atoms with Crippen LogP contribution in [0.5, 0.6) is 0 Å². The van der Waals surface area contributed by atoms with Crippen molar-refractivity contribution in [2.24, 2.45) is 0 Å². The van der Waals surface area contributed by atoms with Crippen molar-refractivity contribution in [1.82, 2.24) is 0 Å². The number of ether oxygens (including phenoxy) is 1. The number of aliphatic hydroxyl groups is 2. The fourth-order valence-electron chi connectivity index (χ4n) is 2.65. The van der Waals surface area contributed by atoms with Gasteiger partial charge in [-0.1, -0.05) is 70.4 Å². The Morgan fingerprint density at radius 2 is 1.40 bits per heavy atom. The van der Waals surface area contributed by atoms with Gasteiger partial charge in [-0.05, 0) is 32.1 Å². The zero-order chi connectivity index (χ0) is 18.6. The second kappa shape index (κ2) is 19.5. The predicted octanol–water partition coefficient (Wildman–Crippen LogP) is 4.92. The van der Waals surface area contributed by atoms with E-state index in [4.69, 9.17) is 14.9 Å². The summed E-state index contributed by atoms with van der Waals surface area (Å²) >= 11 is 0. The third-order valence-corrected chi connectivity index (χ3v) is 4.29. The first-order valence-corrected chi connectivity index (χ1v) is 10.3. The van der Waals surface area contributed by atoms with Crippen LogP contribution < -0.4 is 0 Å². The maximum absolute atomic E-state index is 11.4. The number of aliphatic hydroxyl groups excluding tert-OH is 2. The second-order valence-electron chi connectivity index (χ2n) is 6.85. The molecule has 0 aromatic carbocycles. The number of hydrogen-bond donors (Lipinski definition) is 2. The highest BCUT2D eigenvalue weighted by atomic mass is 16.5. The normalized spacial score (nSPS) is 12.6. The molecule has 0 saturated heterocycles. The lowest BCUT2D eigenvalue weighted by atomic mass is 10.1. The minimum Gasteiger partial charge on any atom is -0.463 e. The third kappa shape index (κ3) is 19.3. The van der Waals surface area contributed by atoms with Crippen LogP contribution in [0.15, 0.2) is 12.2 Å². The molecule has 0 spiro atoms. The zero-order valence-corrected chi connectivity index (χ0v) is 16.3. The van der Waals surface area contributed by atoms with Crippen LogP contribution in [-0.4, -0.2) is 35.5 Å². The average molecular weight is 357 g/mol. The molecular formula is C21H40O4. The Labute approximate surface area is 154 Å². The van der Waals surface area contributed by atoms with Crippen molar-refractivity contribution in [2.45, 2.75) is 103 Å². The second-order valence-corrected chi connectivity index (χ2v) is 6.85. The van der Waals surface area contributed by atoms with Gasteiger partial charge in [0.05, 0.1) is 6.61 Å². The average Bonchev–Trinajstić information content (AvgIpc) is 2.62. The Hall–Kier alpha value is -0.870. The number of carbonyl (C=O) groups excluding carboxylic acids is 1. The molecule has 25 heavy (non-hydrogen) atoms. The quantitative estimate of drug-likeness (QED) is 0.208. The molecule has 1 atom stereocenters. The summed E-state index contributed by atoms with van der Waals surface area (Å²) in [5.74, 6) is -0.287. The highest BCUT2D eigenvalue weighted by Crippen LogP contribution is 2.10. The monoisotopic (exact) mass is 356 g/mol. The van der Waals surface area contributed by atoms with Crippen LogP contribution in [0.2, 0.25) is 0 Å². The Balaban J connectivity index is 3.22. The molecule has 0 fully saturated rings. The molecule has 4 heteroatoms. The van der Waals surface area contributed by atoms with Gasteiger partial charge in [0, 0.05) is 6.42 Å². The molecule has 2 N–H and O–H groups in total. The number of carbonyl (C=O) groups is 1. The highest BCUT2D eigenvalue weighted by molar-refractivity contribution is 5.69. The van der Waals surface area contributed by atoms with E-state index in [1.54, 1.807) is 0 Å².